The van der Waals surface area contributed by atoms with Crippen LogP contribution >= 0.6 is 0 Å². The van der Waals surface area contributed by atoms with Gasteiger partial charge < -0.3 is 6.42 Å². The summed E-state index contributed by atoms with van der Waals surface area (Å²) in [5, 5.41) is 0. The maximum atomic E-state index is 2.36. The summed E-state index contributed by atoms with van der Waals surface area (Å²) in [5.41, 5.74) is 3.07. The van der Waals surface area contributed by atoms with E-state index in [1.807, 2.05) is 13.8 Å². The third-order valence-electron chi connectivity index (χ3n) is 2.10. The van der Waals surface area contributed by atoms with Crippen LogP contribution in [0.4, 0.5) is 0 Å². The Morgan fingerprint density at radius 3 is 2.31 bits per heavy atom. The van der Waals surface area contributed by atoms with Gasteiger partial charge in [0.25, 0.3) is 0 Å². The molecular weight excluding hydrogens is 330 g/mol. The van der Waals surface area contributed by atoms with Crippen LogP contribution in [0.5, 0.6) is 0 Å². The van der Waals surface area contributed by atoms with E-state index >= 15 is 0 Å². The van der Waals surface area contributed by atoms with Crippen LogP contribution in [0.15, 0.2) is 24.3 Å². The fraction of sp³-hybridized carbons (Fsp3) is 0.417. The summed E-state index contributed by atoms with van der Waals surface area (Å²) in [6, 6.07) is 8.72. The van der Waals surface area contributed by atoms with Crippen LogP contribution in [-0.4, -0.2) is 0 Å². The third kappa shape index (κ3) is 3.63. The van der Waals surface area contributed by atoms with Gasteiger partial charge in [-0.1, -0.05) is 50.1 Å². The van der Waals surface area contributed by atoms with E-state index in [2.05, 4.69) is 30.7 Å². The molecule has 0 bridgehead atoms. The van der Waals surface area contributed by atoms with Crippen LogP contribution in [0.3, 0.4) is 0 Å². The minimum absolute atomic E-state index is 0. The van der Waals surface area contributed by atoms with Gasteiger partial charge in [0.1, 0.15) is 0 Å². The van der Waals surface area contributed by atoms with E-state index in [4.69, 9.17) is 0 Å². The number of rotatable bonds is 0. The summed E-state index contributed by atoms with van der Waals surface area (Å²) >= 11 is 0. The Morgan fingerprint density at radius 1 is 1.08 bits per heavy atom. The molecule has 0 amide bonds. The predicted molar refractivity (Wildman–Crippen MR) is 54.1 cm³/mol. The number of hydrogen-bond acceptors (Lipinski definition) is 0. The maximum absolute atomic E-state index is 2.36. The quantitative estimate of drug-likeness (QED) is 0.631. The van der Waals surface area contributed by atoms with Gasteiger partial charge in [0.15, 0.2) is 0 Å². The van der Waals surface area contributed by atoms with Gasteiger partial charge in [0.05, 0.1) is 0 Å². The average Bonchev–Trinajstić information content (AvgIpc) is 2.21. The molecule has 1 radical (unpaired) electrons. The van der Waals surface area contributed by atoms with E-state index in [0.717, 1.165) is 0 Å². The molecule has 1 aromatic carbocycles. The fourth-order valence-corrected chi connectivity index (χ4v) is 1.52. The van der Waals surface area contributed by atoms with Gasteiger partial charge in [-0.05, 0) is 5.56 Å². The van der Waals surface area contributed by atoms with E-state index in [-0.39, 0.29) is 20.4 Å². The minimum atomic E-state index is 0. The van der Waals surface area contributed by atoms with Gasteiger partial charge in [0, 0.05) is 20.4 Å². The Morgan fingerprint density at radius 2 is 1.69 bits per heavy atom. The van der Waals surface area contributed by atoms with Crippen LogP contribution in [0, 0.1) is 6.42 Å². The topological polar surface area (TPSA) is 0 Å². The van der Waals surface area contributed by atoms with Crippen molar-refractivity contribution in [1.29, 1.82) is 0 Å². The van der Waals surface area contributed by atoms with Crippen LogP contribution in [0.2, 0.25) is 0 Å². The van der Waals surface area contributed by atoms with Crippen molar-refractivity contribution < 1.29 is 20.4 Å². The SMILES string of the molecule is CC.[Re].c1ccc2c(c1)C[CH-]CC2. The zero-order valence-electron chi connectivity index (χ0n) is 8.39. The van der Waals surface area contributed by atoms with Crippen molar-refractivity contribution in [3.63, 3.8) is 0 Å². The first-order valence-corrected chi connectivity index (χ1v) is 4.85. The maximum Gasteiger partial charge on any atom is 0 e. The minimum Gasteiger partial charge on any atom is -0.324 e. The Kier molecular flexibility index (Phi) is 7.24. The predicted octanol–water partition coefficient (Wildman–Crippen LogP) is 3.40. The molecule has 0 heterocycles. The molecule has 0 atom stereocenters. The molecule has 0 saturated heterocycles. The first-order chi connectivity index (χ1) is 5.97. The zero-order valence-corrected chi connectivity index (χ0v) is 11.1. The third-order valence-corrected chi connectivity index (χ3v) is 2.10. The molecule has 73 valence electrons. The first-order valence-electron chi connectivity index (χ1n) is 4.85. The van der Waals surface area contributed by atoms with Gasteiger partial charge in [-0.15, -0.1) is 0 Å². The summed E-state index contributed by atoms with van der Waals surface area (Å²) < 4.78 is 0. The standard InChI is InChI=1S/C10H11.C2H6.Re/c1-2-6-10-8-4-3-7-9(10)5-1;1-2;/h1-3,5-6H,4,7-8H2;1-2H3;/q-1;;. The molecular formula is C12H17Re-. The summed E-state index contributed by atoms with van der Waals surface area (Å²) in [5.74, 6) is 0. The van der Waals surface area contributed by atoms with Crippen LogP contribution in [-0.2, 0) is 33.3 Å². The van der Waals surface area contributed by atoms with Gasteiger partial charge in [-0.25, -0.2) is 0 Å². The number of benzene rings is 1. The molecule has 0 unspecified atom stereocenters. The second-order valence-electron chi connectivity index (χ2n) is 2.80. The van der Waals surface area contributed by atoms with Crippen molar-refractivity contribution in [3.8, 4) is 0 Å². The molecule has 1 heteroatoms. The monoisotopic (exact) mass is 348 g/mol. The molecule has 0 N–H and O–H groups in total. The second kappa shape index (κ2) is 7.30. The van der Waals surface area contributed by atoms with Gasteiger partial charge >= 0.3 is 0 Å². The van der Waals surface area contributed by atoms with E-state index in [0.29, 0.717) is 0 Å². The van der Waals surface area contributed by atoms with Gasteiger partial charge in [-0.3, -0.25) is 0 Å². The molecule has 1 aliphatic carbocycles. The summed E-state index contributed by atoms with van der Waals surface area (Å²) in [4.78, 5) is 0. The molecule has 0 fully saturated rings. The van der Waals surface area contributed by atoms with E-state index in [1.54, 1.807) is 5.56 Å². The largest absolute Gasteiger partial charge is 0.324 e. The number of aryl methyl sites for hydroxylation is 1. The van der Waals surface area contributed by atoms with Crippen molar-refractivity contribution in [2.75, 3.05) is 0 Å². The Labute approximate surface area is 95.4 Å². The number of hydrogen-bond donors (Lipinski definition) is 0. The summed E-state index contributed by atoms with van der Waals surface area (Å²) in [7, 11) is 0. The first kappa shape index (κ1) is 12.9. The Bertz CT molecular complexity index is 205. The normalized spacial score (nSPS) is 13.1. The van der Waals surface area contributed by atoms with Crippen molar-refractivity contribution in [2.24, 2.45) is 0 Å². The van der Waals surface area contributed by atoms with Crippen LogP contribution in [0.1, 0.15) is 31.4 Å². The summed E-state index contributed by atoms with van der Waals surface area (Å²) in [6.45, 7) is 4.00. The van der Waals surface area contributed by atoms with Crippen molar-refractivity contribution in [1.82, 2.24) is 0 Å². The molecule has 0 nitrogen and oxygen atoms in total. The van der Waals surface area contributed by atoms with Gasteiger partial charge in [-0.2, -0.15) is 12.8 Å². The molecule has 13 heavy (non-hydrogen) atoms. The molecule has 2 rings (SSSR count). The van der Waals surface area contributed by atoms with Gasteiger partial charge in [0.2, 0.25) is 0 Å². The molecule has 1 aliphatic rings. The molecule has 0 aliphatic heterocycles. The molecule has 0 aromatic heterocycles. The Hall–Kier alpha value is -0.118. The zero-order chi connectivity index (χ0) is 8.81. The second-order valence-corrected chi connectivity index (χ2v) is 2.80. The van der Waals surface area contributed by atoms with E-state index < -0.39 is 0 Å². The number of fused-ring (bicyclic) bond motifs is 1. The fourth-order valence-electron chi connectivity index (χ4n) is 1.52. The van der Waals surface area contributed by atoms with E-state index in [1.165, 1.54) is 24.8 Å². The smallest absolute Gasteiger partial charge is 0 e. The summed E-state index contributed by atoms with van der Waals surface area (Å²) in [6.07, 6.45) is 6.05. The van der Waals surface area contributed by atoms with Crippen molar-refractivity contribution in [3.05, 3.63) is 41.8 Å². The van der Waals surface area contributed by atoms with Crippen molar-refractivity contribution in [2.45, 2.75) is 33.1 Å². The Balaban J connectivity index is 0.000000451. The molecule has 0 saturated carbocycles. The van der Waals surface area contributed by atoms with E-state index in [9.17, 15) is 0 Å². The molecule has 1 aromatic rings. The molecule has 0 spiro atoms. The van der Waals surface area contributed by atoms with Crippen molar-refractivity contribution >= 4 is 0 Å². The van der Waals surface area contributed by atoms with Crippen LogP contribution < -0.4 is 0 Å². The van der Waals surface area contributed by atoms with Crippen LogP contribution in [0.25, 0.3) is 0 Å². The average molecular weight is 347 g/mol.